The number of rotatable bonds is 1. The SMILES string of the molecule is [CH2]CC#CC(C)(C)SC. The van der Waals surface area contributed by atoms with Crippen LogP contribution in [0.15, 0.2) is 0 Å². The van der Waals surface area contributed by atoms with Gasteiger partial charge >= 0.3 is 0 Å². The highest BCUT2D eigenvalue weighted by Gasteiger charge is 2.09. The minimum Gasteiger partial charge on any atom is -0.146 e. The second-order valence-corrected chi connectivity index (χ2v) is 3.70. The van der Waals surface area contributed by atoms with Crippen LogP contribution in [0.2, 0.25) is 0 Å². The van der Waals surface area contributed by atoms with Gasteiger partial charge < -0.3 is 0 Å². The van der Waals surface area contributed by atoms with E-state index < -0.39 is 0 Å². The topological polar surface area (TPSA) is 0 Å². The summed E-state index contributed by atoms with van der Waals surface area (Å²) in [4.78, 5) is 0. The van der Waals surface area contributed by atoms with Gasteiger partial charge in [0.05, 0.1) is 4.75 Å². The molecular formula is C8H13S. The lowest BCUT2D eigenvalue weighted by Gasteiger charge is -2.12. The first-order valence-corrected chi connectivity index (χ1v) is 4.19. The van der Waals surface area contributed by atoms with Gasteiger partial charge in [-0.05, 0) is 27.0 Å². The molecule has 9 heavy (non-hydrogen) atoms. The molecule has 0 unspecified atom stereocenters. The smallest absolute Gasteiger partial charge is 0.0706 e. The summed E-state index contributed by atoms with van der Waals surface area (Å²) >= 11 is 1.77. The quantitative estimate of drug-likeness (QED) is 0.505. The summed E-state index contributed by atoms with van der Waals surface area (Å²) < 4.78 is 0.109. The molecule has 0 aromatic carbocycles. The Morgan fingerprint density at radius 1 is 1.56 bits per heavy atom. The second kappa shape index (κ2) is 3.85. The zero-order valence-corrected chi connectivity index (χ0v) is 7.14. The Balaban J connectivity index is 3.84. The van der Waals surface area contributed by atoms with E-state index in [1.165, 1.54) is 0 Å². The minimum atomic E-state index is 0.109. The lowest BCUT2D eigenvalue weighted by atomic mass is 10.2. The van der Waals surface area contributed by atoms with Gasteiger partial charge in [0.2, 0.25) is 0 Å². The van der Waals surface area contributed by atoms with E-state index in [9.17, 15) is 0 Å². The first-order chi connectivity index (χ1) is 4.12. The molecule has 0 saturated carbocycles. The maximum absolute atomic E-state index is 3.64. The minimum absolute atomic E-state index is 0.109. The van der Waals surface area contributed by atoms with Gasteiger partial charge in [0.25, 0.3) is 0 Å². The molecule has 0 aliphatic heterocycles. The van der Waals surface area contributed by atoms with Crippen molar-refractivity contribution in [1.29, 1.82) is 0 Å². The molecule has 0 heterocycles. The first-order valence-electron chi connectivity index (χ1n) is 2.97. The fourth-order valence-electron chi connectivity index (χ4n) is 0.326. The maximum Gasteiger partial charge on any atom is 0.0706 e. The summed E-state index contributed by atoms with van der Waals surface area (Å²) in [5.74, 6) is 6.07. The highest BCUT2D eigenvalue weighted by Crippen LogP contribution is 2.19. The van der Waals surface area contributed by atoms with Gasteiger partial charge in [-0.25, -0.2) is 0 Å². The summed E-state index contributed by atoms with van der Waals surface area (Å²) in [6, 6.07) is 0. The molecule has 0 aromatic heterocycles. The van der Waals surface area contributed by atoms with Crippen LogP contribution in [0.5, 0.6) is 0 Å². The van der Waals surface area contributed by atoms with Crippen LogP contribution in [-0.4, -0.2) is 11.0 Å². The molecular weight excluding hydrogens is 128 g/mol. The Kier molecular flexibility index (Phi) is 3.81. The average Bonchev–Trinajstić information content (AvgIpc) is 1.84. The number of hydrogen-bond donors (Lipinski definition) is 0. The highest BCUT2D eigenvalue weighted by molar-refractivity contribution is 8.00. The standard InChI is InChI=1S/C8H13S/c1-5-6-7-8(2,3)9-4/h1,5H2,2-4H3. The highest BCUT2D eigenvalue weighted by atomic mass is 32.2. The molecule has 0 atom stereocenters. The molecule has 1 heteroatoms. The van der Waals surface area contributed by atoms with Crippen molar-refractivity contribution in [3.05, 3.63) is 6.92 Å². The molecule has 0 amide bonds. The summed E-state index contributed by atoms with van der Waals surface area (Å²) in [7, 11) is 0. The third-order valence-electron chi connectivity index (χ3n) is 1.02. The first kappa shape index (κ1) is 8.91. The van der Waals surface area contributed by atoms with Crippen LogP contribution in [0.3, 0.4) is 0 Å². The Morgan fingerprint density at radius 3 is 2.44 bits per heavy atom. The molecule has 0 nitrogen and oxygen atoms in total. The average molecular weight is 141 g/mol. The van der Waals surface area contributed by atoms with Crippen molar-refractivity contribution < 1.29 is 0 Å². The van der Waals surface area contributed by atoms with E-state index in [-0.39, 0.29) is 4.75 Å². The van der Waals surface area contributed by atoms with Gasteiger partial charge in [-0.15, -0.1) is 17.7 Å². The lowest BCUT2D eigenvalue weighted by Crippen LogP contribution is -2.09. The Labute approximate surface area is 62.4 Å². The van der Waals surface area contributed by atoms with E-state index in [0.717, 1.165) is 0 Å². The zero-order chi connectivity index (χ0) is 7.33. The number of hydrogen-bond acceptors (Lipinski definition) is 1. The molecule has 0 aliphatic carbocycles. The molecule has 0 N–H and O–H groups in total. The second-order valence-electron chi connectivity index (χ2n) is 2.27. The van der Waals surface area contributed by atoms with Gasteiger partial charge in [0.15, 0.2) is 0 Å². The van der Waals surface area contributed by atoms with Crippen molar-refractivity contribution in [3.8, 4) is 11.8 Å². The lowest BCUT2D eigenvalue weighted by molar-refractivity contribution is 0.935. The zero-order valence-electron chi connectivity index (χ0n) is 6.32. The van der Waals surface area contributed by atoms with Crippen LogP contribution >= 0.6 is 11.8 Å². The van der Waals surface area contributed by atoms with Gasteiger partial charge in [0, 0.05) is 6.42 Å². The molecule has 0 fully saturated rings. The number of thioether (sulfide) groups is 1. The van der Waals surface area contributed by atoms with E-state index in [2.05, 4.69) is 38.9 Å². The molecule has 51 valence electrons. The van der Waals surface area contributed by atoms with Crippen LogP contribution in [0.1, 0.15) is 20.3 Å². The predicted molar refractivity (Wildman–Crippen MR) is 45.3 cm³/mol. The van der Waals surface area contributed by atoms with E-state index >= 15 is 0 Å². The van der Waals surface area contributed by atoms with E-state index in [0.29, 0.717) is 6.42 Å². The Hall–Kier alpha value is -0.0900. The Morgan fingerprint density at radius 2 is 2.11 bits per heavy atom. The molecule has 0 aliphatic rings. The predicted octanol–water partition coefficient (Wildman–Crippen LogP) is 2.36. The third kappa shape index (κ3) is 4.42. The van der Waals surface area contributed by atoms with Crippen molar-refractivity contribution in [3.63, 3.8) is 0 Å². The van der Waals surface area contributed by atoms with Crippen LogP contribution in [0.25, 0.3) is 0 Å². The fraction of sp³-hybridized carbons (Fsp3) is 0.625. The normalized spacial score (nSPS) is 10.2. The Bertz CT molecular complexity index is 125. The van der Waals surface area contributed by atoms with Gasteiger partial charge in [-0.1, -0.05) is 5.92 Å². The summed E-state index contributed by atoms with van der Waals surface area (Å²) in [6.45, 7) is 7.86. The maximum atomic E-state index is 3.64. The molecule has 1 radical (unpaired) electrons. The summed E-state index contributed by atoms with van der Waals surface area (Å²) in [5, 5.41) is 0. The molecule has 0 saturated heterocycles. The molecule has 0 bridgehead atoms. The van der Waals surface area contributed by atoms with Crippen LogP contribution in [0.4, 0.5) is 0 Å². The van der Waals surface area contributed by atoms with Crippen molar-refractivity contribution >= 4 is 11.8 Å². The van der Waals surface area contributed by atoms with Crippen molar-refractivity contribution in [2.24, 2.45) is 0 Å². The van der Waals surface area contributed by atoms with Crippen LogP contribution < -0.4 is 0 Å². The van der Waals surface area contributed by atoms with Crippen molar-refractivity contribution in [2.45, 2.75) is 25.0 Å². The van der Waals surface area contributed by atoms with E-state index in [4.69, 9.17) is 0 Å². The van der Waals surface area contributed by atoms with Crippen LogP contribution in [0, 0.1) is 18.8 Å². The van der Waals surface area contributed by atoms with Crippen molar-refractivity contribution in [2.75, 3.05) is 6.26 Å². The van der Waals surface area contributed by atoms with Crippen molar-refractivity contribution in [1.82, 2.24) is 0 Å². The molecule has 0 spiro atoms. The van der Waals surface area contributed by atoms with E-state index in [1.807, 2.05) is 0 Å². The van der Waals surface area contributed by atoms with Crippen LogP contribution in [-0.2, 0) is 0 Å². The van der Waals surface area contributed by atoms with E-state index in [1.54, 1.807) is 11.8 Å². The molecule has 0 aromatic rings. The molecule has 0 rings (SSSR count). The monoisotopic (exact) mass is 141 g/mol. The largest absolute Gasteiger partial charge is 0.146 e. The van der Waals surface area contributed by atoms with Gasteiger partial charge in [0.1, 0.15) is 0 Å². The van der Waals surface area contributed by atoms with Gasteiger partial charge in [-0.2, -0.15) is 0 Å². The van der Waals surface area contributed by atoms with Gasteiger partial charge in [-0.3, -0.25) is 0 Å². The fourth-order valence-corrected chi connectivity index (χ4v) is 0.501. The summed E-state index contributed by atoms with van der Waals surface area (Å²) in [5.41, 5.74) is 0. The third-order valence-corrected chi connectivity index (χ3v) is 2.15. The summed E-state index contributed by atoms with van der Waals surface area (Å²) in [6.07, 6.45) is 2.78.